The molecule has 0 aliphatic carbocycles. The van der Waals surface area contributed by atoms with E-state index in [1.807, 2.05) is 30.3 Å². The summed E-state index contributed by atoms with van der Waals surface area (Å²) in [6.07, 6.45) is 1.88. The maximum absolute atomic E-state index is 10.8. The van der Waals surface area contributed by atoms with Gasteiger partial charge in [-0.15, -0.1) is 0 Å². The van der Waals surface area contributed by atoms with Gasteiger partial charge < -0.3 is 5.32 Å². The van der Waals surface area contributed by atoms with Crippen LogP contribution in [0.5, 0.6) is 0 Å². The molecule has 3 heteroatoms. The molecule has 0 aliphatic heterocycles. The van der Waals surface area contributed by atoms with E-state index in [2.05, 4.69) is 21.2 Å². The first-order valence-corrected chi connectivity index (χ1v) is 4.79. The molecule has 0 spiro atoms. The molecule has 0 bridgehead atoms. The Bertz CT molecular complexity index is 333. The van der Waals surface area contributed by atoms with Crippen molar-refractivity contribution in [3.05, 3.63) is 34.8 Å². The van der Waals surface area contributed by atoms with Gasteiger partial charge in [0.1, 0.15) is 0 Å². The molecule has 0 heterocycles. The third kappa shape index (κ3) is 3.03. The summed E-state index contributed by atoms with van der Waals surface area (Å²) < 4.78 is 0. The van der Waals surface area contributed by atoms with E-state index in [4.69, 9.17) is 0 Å². The SMILES string of the molecule is CC(=O)Nc1ccccc1/C=C/Br. The average Bonchev–Trinajstić information content (AvgIpc) is 2.08. The largest absolute Gasteiger partial charge is 0.326 e. The molecule has 13 heavy (non-hydrogen) atoms. The van der Waals surface area contributed by atoms with Gasteiger partial charge in [-0.2, -0.15) is 0 Å². The molecule has 68 valence electrons. The second-order valence-electron chi connectivity index (χ2n) is 2.56. The molecular formula is C10H10BrNO. The highest BCUT2D eigenvalue weighted by Crippen LogP contribution is 2.16. The maximum Gasteiger partial charge on any atom is 0.221 e. The fourth-order valence-corrected chi connectivity index (χ4v) is 1.30. The molecule has 0 saturated heterocycles. The molecule has 1 rings (SSSR count). The summed E-state index contributed by atoms with van der Waals surface area (Å²) in [5.41, 5.74) is 1.81. The van der Waals surface area contributed by atoms with Crippen molar-refractivity contribution in [2.75, 3.05) is 5.32 Å². The van der Waals surface area contributed by atoms with Gasteiger partial charge in [-0.1, -0.05) is 34.1 Å². The molecule has 0 saturated carbocycles. The smallest absolute Gasteiger partial charge is 0.221 e. The van der Waals surface area contributed by atoms with Crippen LogP contribution in [0.2, 0.25) is 0 Å². The fourth-order valence-electron chi connectivity index (χ4n) is 1.01. The van der Waals surface area contributed by atoms with Gasteiger partial charge in [0.15, 0.2) is 0 Å². The maximum atomic E-state index is 10.8. The van der Waals surface area contributed by atoms with E-state index >= 15 is 0 Å². The molecule has 0 aliphatic rings. The number of para-hydroxylation sites is 1. The zero-order chi connectivity index (χ0) is 9.68. The van der Waals surface area contributed by atoms with Crippen molar-refractivity contribution < 1.29 is 4.79 Å². The van der Waals surface area contributed by atoms with Crippen LogP contribution in [0, 0.1) is 0 Å². The van der Waals surface area contributed by atoms with Gasteiger partial charge in [0.05, 0.1) is 0 Å². The molecule has 0 fully saturated rings. The van der Waals surface area contributed by atoms with Gasteiger partial charge in [0.25, 0.3) is 0 Å². The first kappa shape index (κ1) is 9.99. The number of hydrogen-bond acceptors (Lipinski definition) is 1. The normalized spacial score (nSPS) is 10.3. The lowest BCUT2D eigenvalue weighted by Gasteiger charge is -2.04. The highest BCUT2D eigenvalue weighted by atomic mass is 79.9. The number of hydrogen-bond donors (Lipinski definition) is 1. The van der Waals surface area contributed by atoms with Crippen molar-refractivity contribution in [2.45, 2.75) is 6.92 Å². The second kappa shape index (κ2) is 4.82. The number of benzene rings is 1. The van der Waals surface area contributed by atoms with Crippen LogP contribution in [0.4, 0.5) is 5.69 Å². The Morgan fingerprint density at radius 3 is 2.77 bits per heavy atom. The van der Waals surface area contributed by atoms with Crippen molar-refractivity contribution in [3.8, 4) is 0 Å². The molecule has 0 radical (unpaired) electrons. The van der Waals surface area contributed by atoms with Crippen molar-refractivity contribution >= 4 is 33.6 Å². The summed E-state index contributed by atoms with van der Waals surface area (Å²) in [7, 11) is 0. The second-order valence-corrected chi connectivity index (χ2v) is 3.09. The summed E-state index contributed by atoms with van der Waals surface area (Å²) in [6.45, 7) is 1.49. The Balaban J connectivity index is 2.97. The van der Waals surface area contributed by atoms with Crippen molar-refractivity contribution in [2.24, 2.45) is 0 Å². The lowest BCUT2D eigenvalue weighted by Crippen LogP contribution is -2.06. The third-order valence-electron chi connectivity index (χ3n) is 1.51. The summed E-state index contributed by atoms with van der Waals surface area (Å²) in [6, 6.07) is 7.61. The van der Waals surface area contributed by atoms with Crippen molar-refractivity contribution in [1.82, 2.24) is 0 Å². The van der Waals surface area contributed by atoms with Crippen LogP contribution in [0.1, 0.15) is 12.5 Å². The van der Waals surface area contributed by atoms with Gasteiger partial charge in [-0.25, -0.2) is 0 Å². The predicted octanol–water partition coefficient (Wildman–Crippen LogP) is 3.01. The zero-order valence-corrected chi connectivity index (χ0v) is 8.84. The molecule has 1 aromatic carbocycles. The number of anilines is 1. The first-order valence-electron chi connectivity index (χ1n) is 3.87. The third-order valence-corrected chi connectivity index (χ3v) is 1.78. The number of halogens is 1. The van der Waals surface area contributed by atoms with E-state index in [0.717, 1.165) is 11.3 Å². The van der Waals surface area contributed by atoms with Gasteiger partial charge in [0, 0.05) is 12.6 Å². The van der Waals surface area contributed by atoms with Crippen LogP contribution in [-0.2, 0) is 4.79 Å². The fraction of sp³-hybridized carbons (Fsp3) is 0.100. The highest BCUT2D eigenvalue weighted by molar-refractivity contribution is 9.11. The van der Waals surface area contributed by atoms with Gasteiger partial charge in [0.2, 0.25) is 5.91 Å². The van der Waals surface area contributed by atoms with Crippen LogP contribution in [-0.4, -0.2) is 5.91 Å². The summed E-state index contributed by atoms with van der Waals surface area (Å²) in [5, 5.41) is 2.75. The van der Waals surface area contributed by atoms with E-state index in [9.17, 15) is 4.79 Å². The summed E-state index contributed by atoms with van der Waals surface area (Å²) >= 11 is 3.19. The van der Waals surface area contributed by atoms with E-state index in [-0.39, 0.29) is 5.91 Å². The topological polar surface area (TPSA) is 29.1 Å². The van der Waals surface area contributed by atoms with Crippen LogP contribution in [0.3, 0.4) is 0 Å². The Kier molecular flexibility index (Phi) is 3.71. The van der Waals surface area contributed by atoms with Crippen LogP contribution >= 0.6 is 15.9 Å². The number of nitrogens with one attached hydrogen (secondary N) is 1. The first-order chi connectivity index (χ1) is 6.24. The van der Waals surface area contributed by atoms with Gasteiger partial charge in [-0.05, 0) is 22.7 Å². The van der Waals surface area contributed by atoms with E-state index in [1.165, 1.54) is 6.92 Å². The van der Waals surface area contributed by atoms with Gasteiger partial charge >= 0.3 is 0 Å². The molecule has 0 aromatic heterocycles. The highest BCUT2D eigenvalue weighted by Gasteiger charge is 1.98. The minimum Gasteiger partial charge on any atom is -0.326 e. The molecule has 1 N–H and O–H groups in total. The van der Waals surface area contributed by atoms with Crippen molar-refractivity contribution in [3.63, 3.8) is 0 Å². The predicted molar refractivity (Wildman–Crippen MR) is 58.7 cm³/mol. The standard InChI is InChI=1S/C10H10BrNO/c1-8(13)12-10-5-3-2-4-9(10)6-7-11/h2-7H,1H3,(H,12,13)/b7-6+. The van der Waals surface area contributed by atoms with Crippen molar-refractivity contribution in [1.29, 1.82) is 0 Å². The lowest BCUT2D eigenvalue weighted by molar-refractivity contribution is -0.114. The minimum absolute atomic E-state index is 0.0598. The molecule has 0 unspecified atom stereocenters. The molecular weight excluding hydrogens is 230 g/mol. The average molecular weight is 240 g/mol. The molecule has 0 atom stereocenters. The number of carbonyl (C=O) groups is 1. The van der Waals surface area contributed by atoms with E-state index in [0.29, 0.717) is 0 Å². The van der Waals surface area contributed by atoms with E-state index in [1.54, 1.807) is 4.99 Å². The zero-order valence-electron chi connectivity index (χ0n) is 7.25. The van der Waals surface area contributed by atoms with Gasteiger partial charge in [-0.3, -0.25) is 4.79 Å². The Morgan fingerprint density at radius 1 is 1.46 bits per heavy atom. The van der Waals surface area contributed by atoms with E-state index < -0.39 is 0 Å². The van der Waals surface area contributed by atoms with Crippen LogP contribution in [0.15, 0.2) is 29.3 Å². The molecule has 1 aromatic rings. The quantitative estimate of drug-likeness (QED) is 0.845. The minimum atomic E-state index is -0.0598. The Morgan fingerprint density at radius 2 is 2.15 bits per heavy atom. The lowest BCUT2D eigenvalue weighted by atomic mass is 10.2. The van der Waals surface area contributed by atoms with Crippen LogP contribution in [0.25, 0.3) is 6.08 Å². The Labute approximate surface area is 85.8 Å². The number of rotatable bonds is 2. The monoisotopic (exact) mass is 239 g/mol. The van der Waals surface area contributed by atoms with Crippen LogP contribution < -0.4 is 5.32 Å². The summed E-state index contributed by atoms with van der Waals surface area (Å²) in [4.78, 5) is 12.6. The number of carbonyl (C=O) groups excluding carboxylic acids is 1. The molecule has 1 amide bonds. The molecule has 2 nitrogen and oxygen atoms in total. The Hall–Kier alpha value is -1.09. The number of amides is 1. The summed E-state index contributed by atoms with van der Waals surface area (Å²) in [5.74, 6) is -0.0598.